The zero-order valence-electron chi connectivity index (χ0n) is 8.47. The number of benzene rings is 1. The van der Waals surface area contributed by atoms with Crippen LogP contribution in [0.2, 0.25) is 0 Å². The van der Waals surface area contributed by atoms with Crippen molar-refractivity contribution in [2.24, 2.45) is 0 Å². The van der Waals surface area contributed by atoms with E-state index in [0.29, 0.717) is 0 Å². The van der Waals surface area contributed by atoms with Crippen molar-refractivity contribution in [1.82, 2.24) is 15.9 Å². The smallest absolute Gasteiger partial charge is 0.270 e. The summed E-state index contributed by atoms with van der Waals surface area (Å²) in [5.74, 6) is -0.417. The number of urea groups is 1. The van der Waals surface area contributed by atoms with Crippen molar-refractivity contribution in [3.8, 4) is 0 Å². The van der Waals surface area contributed by atoms with Crippen LogP contribution >= 0.6 is 0 Å². The summed E-state index contributed by atoms with van der Waals surface area (Å²) in [5, 5.41) is 0.726. The summed E-state index contributed by atoms with van der Waals surface area (Å²) in [6.07, 6.45) is 0. The predicted octanol–water partition coefficient (Wildman–Crippen LogP) is 0.175. The molecule has 6 nitrogen and oxygen atoms in total. The van der Waals surface area contributed by atoms with E-state index < -0.39 is 11.9 Å². The van der Waals surface area contributed by atoms with E-state index in [1.807, 2.05) is 30.3 Å². The Morgan fingerprint density at radius 3 is 2.69 bits per heavy atom. The molecule has 0 aliphatic carbocycles. The van der Waals surface area contributed by atoms with Gasteiger partial charge < -0.3 is 0 Å². The quantitative estimate of drug-likeness (QED) is 0.763. The third-order valence-corrected chi connectivity index (χ3v) is 2.05. The van der Waals surface area contributed by atoms with Gasteiger partial charge in [-0.1, -0.05) is 30.3 Å². The van der Waals surface area contributed by atoms with Crippen LogP contribution < -0.4 is 10.9 Å². The first-order valence-electron chi connectivity index (χ1n) is 4.80. The molecule has 3 amide bonds. The van der Waals surface area contributed by atoms with Crippen LogP contribution in [0.4, 0.5) is 4.79 Å². The summed E-state index contributed by atoms with van der Waals surface area (Å²) in [7, 11) is 0. The zero-order valence-corrected chi connectivity index (χ0v) is 8.47. The fourth-order valence-electron chi connectivity index (χ4n) is 1.28. The summed E-state index contributed by atoms with van der Waals surface area (Å²) in [4.78, 5) is 27.7. The van der Waals surface area contributed by atoms with E-state index in [1.165, 1.54) is 0 Å². The maximum Gasteiger partial charge on any atom is 0.363 e. The molecule has 0 spiro atoms. The number of hydrazine groups is 1. The van der Waals surface area contributed by atoms with Crippen LogP contribution in [-0.4, -0.2) is 23.5 Å². The molecule has 1 heterocycles. The van der Waals surface area contributed by atoms with Crippen LogP contribution in [0.1, 0.15) is 5.56 Å². The van der Waals surface area contributed by atoms with Crippen molar-refractivity contribution in [2.45, 2.75) is 6.61 Å². The van der Waals surface area contributed by atoms with Gasteiger partial charge in [-0.05, 0) is 5.56 Å². The van der Waals surface area contributed by atoms with Gasteiger partial charge in [0, 0.05) is 0 Å². The Hall–Kier alpha value is -1.92. The molecule has 1 saturated heterocycles. The molecule has 6 heteroatoms. The molecular formula is C10H11N3O3. The highest BCUT2D eigenvalue weighted by Gasteiger charge is 2.26. The number of hydroxylamine groups is 2. The Labute approximate surface area is 92.1 Å². The molecule has 0 saturated carbocycles. The zero-order chi connectivity index (χ0) is 11.4. The van der Waals surface area contributed by atoms with E-state index >= 15 is 0 Å². The van der Waals surface area contributed by atoms with Gasteiger partial charge in [0.15, 0.2) is 0 Å². The number of hydrogen-bond acceptors (Lipinski definition) is 4. The average molecular weight is 221 g/mol. The largest absolute Gasteiger partial charge is 0.363 e. The van der Waals surface area contributed by atoms with E-state index in [4.69, 9.17) is 4.84 Å². The van der Waals surface area contributed by atoms with Crippen molar-refractivity contribution in [3.63, 3.8) is 0 Å². The third-order valence-electron chi connectivity index (χ3n) is 2.05. The molecule has 2 N–H and O–H groups in total. The number of carbonyl (C=O) groups excluding carboxylic acids is 2. The summed E-state index contributed by atoms with van der Waals surface area (Å²) < 4.78 is 0. The second kappa shape index (κ2) is 4.73. The highest BCUT2D eigenvalue weighted by molar-refractivity contribution is 5.95. The number of amides is 3. The summed E-state index contributed by atoms with van der Waals surface area (Å²) >= 11 is 0. The number of nitrogens with one attached hydrogen (secondary N) is 2. The molecular weight excluding hydrogens is 210 g/mol. The molecule has 0 unspecified atom stereocenters. The Kier molecular flexibility index (Phi) is 3.13. The molecule has 1 aromatic rings. The molecule has 0 bridgehead atoms. The van der Waals surface area contributed by atoms with Gasteiger partial charge in [0.05, 0.1) is 6.54 Å². The summed E-state index contributed by atoms with van der Waals surface area (Å²) in [5.41, 5.74) is 5.62. The first-order valence-corrected chi connectivity index (χ1v) is 4.80. The molecule has 2 rings (SSSR count). The number of imide groups is 1. The summed E-state index contributed by atoms with van der Waals surface area (Å²) in [6, 6.07) is 8.70. The van der Waals surface area contributed by atoms with E-state index in [1.54, 1.807) is 0 Å². The Balaban J connectivity index is 1.94. The fraction of sp³-hybridized carbons (Fsp3) is 0.200. The highest BCUT2D eigenvalue weighted by Crippen LogP contribution is 2.04. The van der Waals surface area contributed by atoms with Gasteiger partial charge in [-0.2, -0.15) is 0 Å². The minimum Gasteiger partial charge on any atom is -0.270 e. The minimum absolute atomic E-state index is 0.0283. The normalized spacial score (nSPS) is 16.1. The van der Waals surface area contributed by atoms with Gasteiger partial charge in [0.2, 0.25) is 0 Å². The van der Waals surface area contributed by atoms with E-state index in [9.17, 15) is 9.59 Å². The lowest BCUT2D eigenvalue weighted by Gasteiger charge is -2.24. The topological polar surface area (TPSA) is 70.7 Å². The van der Waals surface area contributed by atoms with E-state index in [-0.39, 0.29) is 13.2 Å². The van der Waals surface area contributed by atoms with Crippen molar-refractivity contribution < 1.29 is 14.4 Å². The monoisotopic (exact) mass is 221 g/mol. The summed E-state index contributed by atoms with van der Waals surface area (Å²) in [6.45, 7) is 0.209. The second-order valence-electron chi connectivity index (χ2n) is 3.23. The maximum absolute atomic E-state index is 11.3. The van der Waals surface area contributed by atoms with Crippen LogP contribution in [-0.2, 0) is 16.2 Å². The van der Waals surface area contributed by atoms with Gasteiger partial charge in [-0.3, -0.25) is 15.1 Å². The van der Waals surface area contributed by atoms with Crippen LogP contribution in [0.15, 0.2) is 30.3 Å². The molecule has 0 aromatic heterocycles. The number of carbonyl (C=O) groups is 2. The van der Waals surface area contributed by atoms with Crippen LogP contribution in [0, 0.1) is 0 Å². The van der Waals surface area contributed by atoms with Gasteiger partial charge >= 0.3 is 6.03 Å². The van der Waals surface area contributed by atoms with Crippen LogP contribution in [0.25, 0.3) is 0 Å². The predicted molar refractivity (Wildman–Crippen MR) is 54.6 cm³/mol. The lowest BCUT2D eigenvalue weighted by atomic mass is 10.2. The minimum atomic E-state index is -0.604. The second-order valence-corrected chi connectivity index (χ2v) is 3.23. The average Bonchev–Trinajstić information content (AvgIpc) is 2.30. The first kappa shape index (κ1) is 10.6. The fourth-order valence-corrected chi connectivity index (χ4v) is 1.28. The molecule has 1 aliphatic heterocycles. The molecule has 1 aliphatic rings. The Bertz CT molecular complexity index is 378. The number of nitrogens with zero attached hydrogens (tertiary/aromatic N) is 1. The van der Waals surface area contributed by atoms with Crippen molar-refractivity contribution >= 4 is 11.9 Å². The van der Waals surface area contributed by atoms with Crippen LogP contribution in [0.3, 0.4) is 0 Å². The Morgan fingerprint density at radius 1 is 1.25 bits per heavy atom. The SMILES string of the molecule is O=C1CNNC(=O)N1OCc1ccccc1. The molecule has 1 aromatic carbocycles. The van der Waals surface area contributed by atoms with Crippen molar-refractivity contribution in [2.75, 3.05) is 6.54 Å². The van der Waals surface area contributed by atoms with E-state index in [0.717, 1.165) is 10.6 Å². The molecule has 1 fully saturated rings. The third kappa shape index (κ3) is 2.36. The van der Waals surface area contributed by atoms with E-state index in [2.05, 4.69) is 10.9 Å². The molecule has 0 atom stereocenters. The van der Waals surface area contributed by atoms with Gasteiger partial charge in [-0.15, -0.1) is 5.06 Å². The van der Waals surface area contributed by atoms with Crippen molar-refractivity contribution in [3.05, 3.63) is 35.9 Å². The Morgan fingerprint density at radius 2 is 2.00 bits per heavy atom. The number of rotatable bonds is 3. The lowest BCUT2D eigenvalue weighted by Crippen LogP contribution is -2.58. The molecule has 84 valence electrons. The van der Waals surface area contributed by atoms with Crippen LogP contribution in [0.5, 0.6) is 0 Å². The lowest BCUT2D eigenvalue weighted by molar-refractivity contribution is -0.174. The molecule has 0 radical (unpaired) electrons. The van der Waals surface area contributed by atoms with Gasteiger partial charge in [-0.25, -0.2) is 10.2 Å². The first-order chi connectivity index (χ1) is 7.77. The number of hydrogen-bond donors (Lipinski definition) is 2. The molecule has 16 heavy (non-hydrogen) atoms. The standard InChI is InChI=1S/C10H11N3O3/c14-9-6-11-12-10(15)13(9)16-7-8-4-2-1-3-5-8/h1-5,11H,6-7H2,(H,12,15). The maximum atomic E-state index is 11.3. The van der Waals surface area contributed by atoms with Gasteiger partial charge in [0.25, 0.3) is 5.91 Å². The highest BCUT2D eigenvalue weighted by atomic mass is 16.7. The van der Waals surface area contributed by atoms with Crippen molar-refractivity contribution in [1.29, 1.82) is 0 Å². The van der Waals surface area contributed by atoms with Gasteiger partial charge in [0.1, 0.15) is 6.61 Å².